The Kier molecular flexibility index (Phi) is 3.04. The zero-order valence-electron chi connectivity index (χ0n) is 11.1. The van der Waals surface area contributed by atoms with Crippen molar-refractivity contribution in [2.24, 2.45) is 5.84 Å². The number of nitrogen functional groups attached to an aromatic ring is 1. The third-order valence-corrected chi connectivity index (χ3v) is 3.42. The van der Waals surface area contributed by atoms with Crippen molar-refractivity contribution in [2.75, 3.05) is 0 Å². The summed E-state index contributed by atoms with van der Waals surface area (Å²) in [7, 11) is 0. The molecule has 0 aliphatic heterocycles. The number of hydrazine groups is 1. The Balaban J connectivity index is 2.02. The van der Waals surface area contributed by atoms with Crippen molar-refractivity contribution in [1.29, 1.82) is 0 Å². The summed E-state index contributed by atoms with van der Waals surface area (Å²) >= 11 is 0. The number of para-hydroxylation sites is 1. The summed E-state index contributed by atoms with van der Waals surface area (Å²) in [6, 6.07) is 9.76. The maximum atomic E-state index is 11.6. The molecule has 0 aliphatic carbocycles. The van der Waals surface area contributed by atoms with Gasteiger partial charge in [0, 0.05) is 17.1 Å². The van der Waals surface area contributed by atoms with Gasteiger partial charge in [0.2, 0.25) is 0 Å². The maximum Gasteiger partial charge on any atom is 0.268 e. The smallest absolute Gasteiger partial charge is 0.268 e. The molecular weight excluding hydrogens is 254 g/mol. The molecule has 2 heterocycles. The summed E-state index contributed by atoms with van der Waals surface area (Å²) in [5.74, 6) is 5.42. The molecule has 0 spiro atoms. The van der Waals surface area contributed by atoms with Gasteiger partial charge in [0.05, 0.1) is 18.4 Å². The van der Waals surface area contributed by atoms with Gasteiger partial charge in [-0.3, -0.25) is 10.2 Å². The molecule has 0 saturated heterocycles. The third kappa shape index (κ3) is 1.98. The van der Waals surface area contributed by atoms with Crippen LogP contribution in [0.25, 0.3) is 10.9 Å². The minimum Gasteiger partial charge on any atom is -0.467 e. The number of carbonyl (C=O) groups is 1. The highest BCUT2D eigenvalue weighted by Gasteiger charge is 2.15. The lowest BCUT2D eigenvalue weighted by Crippen LogP contribution is -2.30. The summed E-state index contributed by atoms with van der Waals surface area (Å²) in [4.78, 5) is 11.6. The number of rotatable bonds is 3. The molecule has 0 saturated carbocycles. The second-order valence-corrected chi connectivity index (χ2v) is 4.69. The van der Waals surface area contributed by atoms with Crippen molar-refractivity contribution in [3.63, 3.8) is 0 Å². The number of benzene rings is 1. The van der Waals surface area contributed by atoms with Gasteiger partial charge in [-0.1, -0.05) is 18.2 Å². The quantitative estimate of drug-likeness (QED) is 0.435. The fraction of sp³-hybridized carbons (Fsp3) is 0.133. The second-order valence-electron chi connectivity index (χ2n) is 4.69. The molecule has 3 rings (SSSR count). The van der Waals surface area contributed by atoms with E-state index in [0.717, 1.165) is 5.52 Å². The second kappa shape index (κ2) is 4.86. The molecule has 0 aliphatic rings. The van der Waals surface area contributed by atoms with Gasteiger partial charge in [-0.2, -0.15) is 0 Å². The van der Waals surface area contributed by atoms with E-state index < -0.39 is 0 Å². The number of aromatic nitrogens is 1. The molecule has 0 atom stereocenters. The number of carbonyl (C=O) groups excluding carboxylic acids is 1. The molecule has 102 valence electrons. The first kappa shape index (κ1) is 12.5. The Morgan fingerprint density at radius 2 is 2.15 bits per heavy atom. The number of aryl methyl sites for hydroxylation is 1. The van der Waals surface area contributed by atoms with E-state index in [4.69, 9.17) is 10.3 Å². The Morgan fingerprint density at radius 3 is 2.95 bits per heavy atom. The molecule has 20 heavy (non-hydrogen) atoms. The van der Waals surface area contributed by atoms with Crippen molar-refractivity contribution in [1.82, 2.24) is 9.99 Å². The first-order chi connectivity index (χ1) is 9.70. The van der Waals surface area contributed by atoms with Crippen LogP contribution in [0.1, 0.15) is 21.7 Å². The van der Waals surface area contributed by atoms with Gasteiger partial charge in [0.1, 0.15) is 5.76 Å². The summed E-state index contributed by atoms with van der Waals surface area (Å²) < 4.78 is 7.48. The first-order valence-corrected chi connectivity index (χ1v) is 6.32. The van der Waals surface area contributed by atoms with Crippen molar-refractivity contribution in [2.45, 2.75) is 13.5 Å². The summed E-state index contributed by atoms with van der Waals surface area (Å²) in [6.07, 6.45) is 3.55. The van der Waals surface area contributed by atoms with Gasteiger partial charge in [0.25, 0.3) is 5.91 Å². The van der Waals surface area contributed by atoms with Crippen molar-refractivity contribution in [3.8, 4) is 0 Å². The molecule has 0 fully saturated rings. The number of furan rings is 1. The minimum absolute atomic E-state index is 0.345. The monoisotopic (exact) mass is 269 g/mol. The summed E-state index contributed by atoms with van der Waals surface area (Å²) in [6.45, 7) is 2.55. The van der Waals surface area contributed by atoms with Gasteiger partial charge in [-0.05, 0) is 24.6 Å². The van der Waals surface area contributed by atoms with Gasteiger partial charge in [-0.25, -0.2) is 5.84 Å². The van der Waals surface area contributed by atoms with E-state index in [1.54, 1.807) is 6.07 Å². The van der Waals surface area contributed by atoms with E-state index >= 15 is 0 Å². The lowest BCUT2D eigenvalue weighted by molar-refractivity contribution is 0.0951. The Labute approximate surface area is 115 Å². The zero-order valence-corrected chi connectivity index (χ0v) is 11.1. The lowest BCUT2D eigenvalue weighted by atomic mass is 10.2. The maximum absolute atomic E-state index is 11.6. The van der Waals surface area contributed by atoms with E-state index in [1.807, 2.05) is 18.2 Å². The Hall–Kier alpha value is -2.53. The summed E-state index contributed by atoms with van der Waals surface area (Å²) in [5, 5.41) is 1.20. The molecule has 0 radical (unpaired) electrons. The fourth-order valence-electron chi connectivity index (χ4n) is 2.46. The first-order valence-electron chi connectivity index (χ1n) is 6.32. The molecule has 5 nitrogen and oxygen atoms in total. The van der Waals surface area contributed by atoms with Gasteiger partial charge in [-0.15, -0.1) is 0 Å². The van der Waals surface area contributed by atoms with E-state index in [0.29, 0.717) is 17.9 Å². The molecular formula is C15H15N3O2. The lowest BCUT2D eigenvalue weighted by Gasteiger charge is -2.05. The summed E-state index contributed by atoms with van der Waals surface area (Å²) in [5.41, 5.74) is 4.89. The van der Waals surface area contributed by atoms with Crippen LogP contribution in [0.5, 0.6) is 0 Å². The predicted octanol–water partition coefficient (Wildman–Crippen LogP) is 2.19. The Bertz CT molecular complexity index is 770. The molecule has 3 aromatic rings. The zero-order chi connectivity index (χ0) is 14.1. The van der Waals surface area contributed by atoms with Crippen LogP contribution in [0.15, 0.2) is 47.2 Å². The van der Waals surface area contributed by atoms with Crippen LogP contribution in [-0.2, 0) is 6.54 Å². The number of amides is 1. The van der Waals surface area contributed by atoms with Gasteiger partial charge < -0.3 is 8.98 Å². The van der Waals surface area contributed by atoms with E-state index in [2.05, 4.69) is 29.2 Å². The van der Waals surface area contributed by atoms with Gasteiger partial charge in [0.15, 0.2) is 0 Å². The molecule has 0 unspecified atom stereocenters. The van der Waals surface area contributed by atoms with Crippen LogP contribution in [0.3, 0.4) is 0 Å². The molecule has 0 bridgehead atoms. The molecule has 5 heteroatoms. The highest BCUT2D eigenvalue weighted by atomic mass is 16.3. The Morgan fingerprint density at radius 1 is 1.35 bits per heavy atom. The number of hydrogen-bond donors (Lipinski definition) is 2. The number of hydrogen-bond acceptors (Lipinski definition) is 3. The number of nitrogens with one attached hydrogen (secondary N) is 1. The predicted molar refractivity (Wildman–Crippen MR) is 76.1 cm³/mol. The number of nitrogens with two attached hydrogens (primary N) is 1. The average molecular weight is 269 g/mol. The van der Waals surface area contributed by atoms with Crippen LogP contribution in [0.4, 0.5) is 0 Å². The van der Waals surface area contributed by atoms with Crippen LogP contribution in [0.2, 0.25) is 0 Å². The minimum atomic E-state index is -0.345. The molecule has 1 amide bonds. The van der Waals surface area contributed by atoms with Crippen LogP contribution in [0, 0.1) is 6.92 Å². The normalized spacial score (nSPS) is 10.9. The number of fused-ring (bicyclic) bond motifs is 1. The number of nitrogens with zero attached hydrogens (tertiary/aromatic N) is 1. The fourth-order valence-corrected chi connectivity index (χ4v) is 2.46. The average Bonchev–Trinajstić information content (AvgIpc) is 3.05. The highest BCUT2D eigenvalue weighted by Crippen LogP contribution is 2.22. The highest BCUT2D eigenvalue weighted by molar-refractivity contribution is 5.94. The van der Waals surface area contributed by atoms with Crippen molar-refractivity contribution in [3.05, 3.63) is 59.7 Å². The van der Waals surface area contributed by atoms with E-state index in [1.165, 1.54) is 17.2 Å². The largest absolute Gasteiger partial charge is 0.467 e. The topological polar surface area (TPSA) is 73.2 Å². The molecule has 2 aromatic heterocycles. The SMILES string of the molecule is Cc1cn(Cc2occc2C(=O)NN)c2ccccc12. The van der Waals surface area contributed by atoms with Crippen LogP contribution < -0.4 is 11.3 Å². The van der Waals surface area contributed by atoms with Crippen molar-refractivity contribution >= 4 is 16.8 Å². The third-order valence-electron chi connectivity index (χ3n) is 3.42. The molecule has 1 aromatic carbocycles. The standard InChI is InChI=1S/C15H15N3O2/c1-10-8-18(13-5-3-2-4-11(10)13)9-14-12(6-7-20-14)15(19)17-16/h2-8H,9,16H2,1H3,(H,17,19). The van der Waals surface area contributed by atoms with Crippen LogP contribution >= 0.6 is 0 Å². The van der Waals surface area contributed by atoms with Crippen LogP contribution in [-0.4, -0.2) is 10.5 Å². The molecule has 3 N–H and O–H groups in total. The van der Waals surface area contributed by atoms with Gasteiger partial charge >= 0.3 is 0 Å². The van der Waals surface area contributed by atoms with Crippen molar-refractivity contribution < 1.29 is 9.21 Å². The van der Waals surface area contributed by atoms with E-state index in [9.17, 15) is 4.79 Å². The van der Waals surface area contributed by atoms with E-state index in [-0.39, 0.29) is 5.91 Å².